The van der Waals surface area contributed by atoms with E-state index in [9.17, 15) is 5.11 Å². The molecule has 0 spiro atoms. The SMILES string of the molecule is C=C1C(c2ccc3ccccc3n2)=C(O)c2ccccc21. The first kappa shape index (κ1) is 11.9. The van der Waals surface area contributed by atoms with Crippen molar-refractivity contribution in [2.75, 3.05) is 0 Å². The Morgan fingerprint density at radius 3 is 2.33 bits per heavy atom. The van der Waals surface area contributed by atoms with Gasteiger partial charge < -0.3 is 5.11 Å². The van der Waals surface area contributed by atoms with Crippen molar-refractivity contribution in [1.82, 2.24) is 4.98 Å². The normalized spacial score (nSPS) is 13.8. The third-order valence-corrected chi connectivity index (χ3v) is 3.90. The number of hydrogen-bond acceptors (Lipinski definition) is 2. The zero-order valence-corrected chi connectivity index (χ0v) is 11.4. The summed E-state index contributed by atoms with van der Waals surface area (Å²) in [6.45, 7) is 4.13. The van der Waals surface area contributed by atoms with Crippen LogP contribution in [0.4, 0.5) is 0 Å². The Labute approximate surface area is 122 Å². The summed E-state index contributed by atoms with van der Waals surface area (Å²) in [5.41, 5.74) is 5.02. The highest BCUT2D eigenvalue weighted by Gasteiger charge is 2.26. The van der Waals surface area contributed by atoms with Gasteiger partial charge in [-0.1, -0.05) is 55.1 Å². The molecule has 0 saturated heterocycles. The highest BCUT2D eigenvalue weighted by Crippen LogP contribution is 2.43. The summed E-state index contributed by atoms with van der Waals surface area (Å²) in [6.07, 6.45) is 0. The van der Waals surface area contributed by atoms with Crippen LogP contribution in [0, 0.1) is 0 Å². The minimum atomic E-state index is 0.262. The predicted molar refractivity (Wildman–Crippen MR) is 86.7 cm³/mol. The molecule has 0 radical (unpaired) electrons. The van der Waals surface area contributed by atoms with Crippen molar-refractivity contribution in [3.63, 3.8) is 0 Å². The van der Waals surface area contributed by atoms with Gasteiger partial charge in [0.05, 0.1) is 11.2 Å². The van der Waals surface area contributed by atoms with Gasteiger partial charge in [-0.3, -0.25) is 0 Å². The lowest BCUT2D eigenvalue weighted by molar-refractivity contribution is 0.515. The molecule has 0 fully saturated rings. The fourth-order valence-electron chi connectivity index (χ4n) is 2.85. The number of fused-ring (bicyclic) bond motifs is 2. The first-order valence-corrected chi connectivity index (χ1v) is 6.84. The van der Waals surface area contributed by atoms with E-state index in [1.807, 2.05) is 60.7 Å². The molecule has 0 saturated carbocycles. The van der Waals surface area contributed by atoms with E-state index in [2.05, 4.69) is 11.6 Å². The summed E-state index contributed by atoms with van der Waals surface area (Å²) in [5.74, 6) is 0.262. The Kier molecular flexibility index (Phi) is 2.45. The lowest BCUT2D eigenvalue weighted by Gasteiger charge is -2.06. The molecule has 1 aromatic heterocycles. The number of aromatic nitrogens is 1. The smallest absolute Gasteiger partial charge is 0.133 e. The molecule has 100 valence electrons. The molecule has 0 bridgehead atoms. The van der Waals surface area contributed by atoms with Crippen molar-refractivity contribution in [3.05, 3.63) is 84.1 Å². The second-order valence-corrected chi connectivity index (χ2v) is 5.14. The highest BCUT2D eigenvalue weighted by atomic mass is 16.3. The lowest BCUT2D eigenvalue weighted by Crippen LogP contribution is -1.91. The second-order valence-electron chi connectivity index (χ2n) is 5.14. The molecule has 3 aromatic rings. The number of pyridine rings is 1. The van der Waals surface area contributed by atoms with Crippen LogP contribution in [-0.2, 0) is 0 Å². The zero-order chi connectivity index (χ0) is 14.4. The van der Waals surface area contributed by atoms with Crippen molar-refractivity contribution in [3.8, 4) is 0 Å². The van der Waals surface area contributed by atoms with Gasteiger partial charge in [-0.25, -0.2) is 4.98 Å². The fraction of sp³-hybridized carbons (Fsp3) is 0. The summed E-state index contributed by atoms with van der Waals surface area (Å²) in [4.78, 5) is 4.66. The number of nitrogens with zero attached hydrogens (tertiary/aromatic N) is 1. The van der Waals surface area contributed by atoms with Gasteiger partial charge in [0.15, 0.2) is 0 Å². The van der Waals surface area contributed by atoms with Gasteiger partial charge >= 0.3 is 0 Å². The van der Waals surface area contributed by atoms with Gasteiger partial charge in [0.2, 0.25) is 0 Å². The maximum atomic E-state index is 10.5. The Bertz CT molecular complexity index is 922. The molecule has 1 heterocycles. The summed E-state index contributed by atoms with van der Waals surface area (Å²) < 4.78 is 0. The Morgan fingerprint density at radius 2 is 1.52 bits per heavy atom. The molecule has 1 aliphatic carbocycles. The van der Waals surface area contributed by atoms with Crippen LogP contribution in [0.5, 0.6) is 0 Å². The van der Waals surface area contributed by atoms with Gasteiger partial charge in [0, 0.05) is 16.5 Å². The lowest BCUT2D eigenvalue weighted by atomic mass is 10.0. The van der Waals surface area contributed by atoms with Crippen molar-refractivity contribution >= 4 is 27.8 Å². The molecular formula is C19H13NO. The second kappa shape index (κ2) is 4.32. The van der Waals surface area contributed by atoms with Gasteiger partial charge in [-0.05, 0) is 23.3 Å². The van der Waals surface area contributed by atoms with E-state index in [0.717, 1.165) is 38.9 Å². The van der Waals surface area contributed by atoms with Crippen LogP contribution >= 0.6 is 0 Å². The minimum Gasteiger partial charge on any atom is -0.507 e. The molecule has 2 heteroatoms. The van der Waals surface area contributed by atoms with Crippen molar-refractivity contribution < 1.29 is 5.11 Å². The standard InChI is InChI=1S/C19H13NO/c1-12-14-7-3-4-8-15(14)19(21)18(12)17-11-10-13-6-2-5-9-16(13)20-17/h2-11,21H,1H2. The zero-order valence-electron chi connectivity index (χ0n) is 11.4. The number of hydrogen-bond donors (Lipinski definition) is 1. The summed E-state index contributed by atoms with van der Waals surface area (Å²) in [7, 11) is 0. The monoisotopic (exact) mass is 271 g/mol. The van der Waals surface area contributed by atoms with Gasteiger partial charge in [0.25, 0.3) is 0 Å². The Morgan fingerprint density at radius 1 is 0.810 bits per heavy atom. The summed E-state index contributed by atoms with van der Waals surface area (Å²) in [6, 6.07) is 19.7. The van der Waals surface area contributed by atoms with E-state index in [4.69, 9.17) is 0 Å². The maximum absolute atomic E-state index is 10.5. The average Bonchev–Trinajstić information content (AvgIpc) is 2.79. The maximum Gasteiger partial charge on any atom is 0.133 e. The van der Waals surface area contributed by atoms with Crippen molar-refractivity contribution in [1.29, 1.82) is 0 Å². The van der Waals surface area contributed by atoms with Gasteiger partial charge in [0.1, 0.15) is 5.76 Å². The first-order chi connectivity index (χ1) is 10.3. The third kappa shape index (κ3) is 1.69. The molecule has 4 rings (SSSR count). The molecule has 1 N–H and O–H groups in total. The van der Waals surface area contributed by atoms with E-state index in [-0.39, 0.29) is 5.76 Å². The number of aliphatic hydroxyl groups is 1. The van der Waals surface area contributed by atoms with Crippen LogP contribution in [0.3, 0.4) is 0 Å². The molecule has 21 heavy (non-hydrogen) atoms. The summed E-state index contributed by atoms with van der Waals surface area (Å²) >= 11 is 0. The highest BCUT2D eigenvalue weighted by molar-refractivity contribution is 6.18. The fourth-order valence-corrected chi connectivity index (χ4v) is 2.85. The number of benzene rings is 2. The third-order valence-electron chi connectivity index (χ3n) is 3.90. The predicted octanol–water partition coefficient (Wildman–Crippen LogP) is 4.69. The number of allylic oxidation sites excluding steroid dienone is 2. The molecule has 1 aliphatic rings. The molecule has 0 atom stereocenters. The quantitative estimate of drug-likeness (QED) is 0.696. The van der Waals surface area contributed by atoms with E-state index in [1.165, 1.54) is 0 Å². The summed E-state index contributed by atoms with van der Waals surface area (Å²) in [5, 5.41) is 11.6. The molecule has 0 amide bonds. The van der Waals surface area contributed by atoms with Crippen LogP contribution in [0.25, 0.3) is 27.8 Å². The van der Waals surface area contributed by atoms with Crippen LogP contribution in [0.1, 0.15) is 16.8 Å². The topological polar surface area (TPSA) is 33.1 Å². The van der Waals surface area contributed by atoms with Crippen LogP contribution in [-0.4, -0.2) is 10.1 Å². The van der Waals surface area contributed by atoms with Crippen LogP contribution in [0.2, 0.25) is 0 Å². The number of aliphatic hydroxyl groups excluding tert-OH is 1. The van der Waals surface area contributed by atoms with E-state index in [1.54, 1.807) is 0 Å². The van der Waals surface area contributed by atoms with Crippen LogP contribution in [0.15, 0.2) is 67.2 Å². The molecule has 2 aromatic carbocycles. The van der Waals surface area contributed by atoms with E-state index in [0.29, 0.717) is 0 Å². The Hall–Kier alpha value is -2.87. The van der Waals surface area contributed by atoms with Crippen molar-refractivity contribution in [2.24, 2.45) is 0 Å². The number of para-hydroxylation sites is 1. The molecule has 2 nitrogen and oxygen atoms in total. The average molecular weight is 271 g/mol. The minimum absolute atomic E-state index is 0.262. The van der Waals surface area contributed by atoms with Crippen molar-refractivity contribution in [2.45, 2.75) is 0 Å². The van der Waals surface area contributed by atoms with E-state index < -0.39 is 0 Å². The van der Waals surface area contributed by atoms with Gasteiger partial charge in [-0.15, -0.1) is 0 Å². The Balaban J connectivity index is 1.93. The molecule has 0 aliphatic heterocycles. The largest absolute Gasteiger partial charge is 0.507 e. The molecular weight excluding hydrogens is 258 g/mol. The number of rotatable bonds is 1. The molecule has 0 unspecified atom stereocenters. The van der Waals surface area contributed by atoms with E-state index >= 15 is 0 Å². The first-order valence-electron chi connectivity index (χ1n) is 6.84. The van der Waals surface area contributed by atoms with Crippen LogP contribution < -0.4 is 0 Å². The van der Waals surface area contributed by atoms with Gasteiger partial charge in [-0.2, -0.15) is 0 Å².